The molecule has 3 rings (SSSR count). The minimum absolute atomic E-state index is 0.167. The van der Waals surface area contributed by atoms with E-state index < -0.39 is 11.9 Å². The van der Waals surface area contributed by atoms with Crippen LogP contribution < -0.4 is 4.90 Å². The van der Waals surface area contributed by atoms with E-state index in [-0.39, 0.29) is 12.5 Å². The van der Waals surface area contributed by atoms with Crippen LogP contribution in [0.3, 0.4) is 0 Å². The number of carboxylic acids is 1. The van der Waals surface area contributed by atoms with Gasteiger partial charge in [-0.2, -0.15) is 0 Å². The SMILES string of the molecule is O=C(O)C1CN(C(=O)c2cc(Br)c(Br)s2)c2ccccc21. The van der Waals surface area contributed by atoms with Crippen LogP contribution in [0.4, 0.5) is 5.69 Å². The van der Waals surface area contributed by atoms with Gasteiger partial charge in [0, 0.05) is 16.7 Å². The Kier molecular flexibility index (Phi) is 3.90. The van der Waals surface area contributed by atoms with Gasteiger partial charge in [-0.3, -0.25) is 9.59 Å². The molecule has 0 radical (unpaired) electrons. The number of nitrogens with zero attached hydrogens (tertiary/aromatic N) is 1. The van der Waals surface area contributed by atoms with Crippen molar-refractivity contribution in [3.63, 3.8) is 0 Å². The quantitative estimate of drug-likeness (QED) is 0.780. The zero-order valence-corrected chi connectivity index (χ0v) is 14.5. The summed E-state index contributed by atoms with van der Waals surface area (Å²) in [6.45, 7) is 0.167. The van der Waals surface area contributed by atoms with Gasteiger partial charge in [0.05, 0.1) is 8.66 Å². The minimum Gasteiger partial charge on any atom is -0.481 e. The number of amides is 1. The molecule has 1 amide bonds. The van der Waals surface area contributed by atoms with Gasteiger partial charge in [0.25, 0.3) is 5.91 Å². The molecule has 1 unspecified atom stereocenters. The number of rotatable bonds is 2. The molecule has 4 nitrogen and oxygen atoms in total. The summed E-state index contributed by atoms with van der Waals surface area (Å²) in [4.78, 5) is 26.1. The van der Waals surface area contributed by atoms with Crippen molar-refractivity contribution in [2.75, 3.05) is 11.4 Å². The van der Waals surface area contributed by atoms with Gasteiger partial charge in [0.2, 0.25) is 0 Å². The van der Waals surface area contributed by atoms with E-state index in [0.29, 0.717) is 16.1 Å². The number of carboxylic acid groups (broad SMARTS) is 1. The van der Waals surface area contributed by atoms with E-state index in [9.17, 15) is 14.7 Å². The van der Waals surface area contributed by atoms with Crippen LogP contribution in [0.15, 0.2) is 38.6 Å². The van der Waals surface area contributed by atoms with Gasteiger partial charge >= 0.3 is 5.97 Å². The average molecular weight is 431 g/mol. The normalized spacial score (nSPS) is 16.9. The van der Waals surface area contributed by atoms with Crippen LogP contribution >= 0.6 is 43.2 Å². The van der Waals surface area contributed by atoms with E-state index in [1.165, 1.54) is 11.3 Å². The Labute approximate surface area is 141 Å². The Morgan fingerprint density at radius 3 is 2.62 bits per heavy atom. The van der Waals surface area contributed by atoms with Crippen molar-refractivity contribution in [3.8, 4) is 0 Å². The maximum Gasteiger partial charge on any atom is 0.312 e. The van der Waals surface area contributed by atoms with Crippen LogP contribution in [0, 0.1) is 0 Å². The lowest BCUT2D eigenvalue weighted by Gasteiger charge is -2.16. The maximum atomic E-state index is 12.6. The van der Waals surface area contributed by atoms with Crippen molar-refractivity contribution in [3.05, 3.63) is 49.0 Å². The number of fused-ring (bicyclic) bond motifs is 1. The molecule has 1 aromatic carbocycles. The first-order valence-electron chi connectivity index (χ1n) is 6.07. The lowest BCUT2D eigenvalue weighted by molar-refractivity contribution is -0.138. The number of para-hydroxylation sites is 1. The van der Waals surface area contributed by atoms with Crippen molar-refractivity contribution >= 4 is 60.8 Å². The van der Waals surface area contributed by atoms with Crippen molar-refractivity contribution in [1.82, 2.24) is 0 Å². The van der Waals surface area contributed by atoms with Crippen molar-refractivity contribution < 1.29 is 14.7 Å². The van der Waals surface area contributed by atoms with Crippen LogP contribution in [-0.2, 0) is 4.79 Å². The third-order valence-corrected chi connectivity index (χ3v) is 6.61. The second kappa shape index (κ2) is 5.55. The van der Waals surface area contributed by atoms with Crippen LogP contribution in [0.5, 0.6) is 0 Å². The molecule has 1 aliphatic rings. The average Bonchev–Trinajstić information content (AvgIpc) is 3.00. The maximum absolute atomic E-state index is 12.6. The number of carbonyl (C=O) groups excluding carboxylic acids is 1. The molecule has 0 aliphatic carbocycles. The molecule has 21 heavy (non-hydrogen) atoms. The number of anilines is 1. The first-order valence-corrected chi connectivity index (χ1v) is 8.47. The summed E-state index contributed by atoms with van der Waals surface area (Å²) in [6.07, 6.45) is 0. The zero-order valence-electron chi connectivity index (χ0n) is 10.5. The van der Waals surface area contributed by atoms with Crippen LogP contribution in [0.2, 0.25) is 0 Å². The number of hydrogen-bond donors (Lipinski definition) is 1. The Balaban J connectivity index is 2.00. The summed E-state index contributed by atoms with van der Waals surface area (Å²) < 4.78 is 1.66. The summed E-state index contributed by atoms with van der Waals surface area (Å²) in [6, 6.07) is 8.90. The van der Waals surface area contributed by atoms with Crippen molar-refractivity contribution in [2.24, 2.45) is 0 Å². The fraction of sp³-hybridized carbons (Fsp3) is 0.143. The first kappa shape index (κ1) is 14.7. The highest BCUT2D eigenvalue weighted by molar-refractivity contribution is 9.13. The fourth-order valence-corrected chi connectivity index (χ4v) is 4.38. The highest BCUT2D eigenvalue weighted by Gasteiger charge is 2.37. The second-order valence-corrected chi connectivity index (χ2v) is 7.82. The van der Waals surface area contributed by atoms with Crippen molar-refractivity contribution in [1.29, 1.82) is 0 Å². The summed E-state index contributed by atoms with van der Waals surface area (Å²) in [5, 5.41) is 9.33. The molecule has 1 aliphatic heterocycles. The zero-order chi connectivity index (χ0) is 15.1. The topological polar surface area (TPSA) is 57.6 Å². The lowest BCUT2D eigenvalue weighted by Crippen LogP contribution is -2.30. The monoisotopic (exact) mass is 429 g/mol. The predicted molar refractivity (Wildman–Crippen MR) is 88.2 cm³/mol. The number of thiophene rings is 1. The van der Waals surface area contributed by atoms with Gasteiger partial charge in [0.1, 0.15) is 5.92 Å². The van der Waals surface area contributed by atoms with E-state index in [1.807, 2.05) is 6.07 Å². The Hall–Kier alpha value is -1.18. The largest absolute Gasteiger partial charge is 0.481 e. The molecule has 0 fully saturated rings. The third kappa shape index (κ3) is 2.54. The molecule has 1 atom stereocenters. The molecule has 0 saturated carbocycles. The molecule has 0 bridgehead atoms. The molecule has 7 heteroatoms. The van der Waals surface area contributed by atoms with Gasteiger partial charge in [-0.1, -0.05) is 18.2 Å². The first-order chi connectivity index (χ1) is 9.99. The van der Waals surface area contributed by atoms with E-state index in [0.717, 1.165) is 8.26 Å². The van der Waals surface area contributed by atoms with E-state index in [2.05, 4.69) is 31.9 Å². The smallest absolute Gasteiger partial charge is 0.312 e. The fourth-order valence-electron chi connectivity index (χ4n) is 2.40. The molecule has 1 N–H and O–H groups in total. The van der Waals surface area contributed by atoms with Gasteiger partial charge in [-0.05, 0) is 49.6 Å². The Bertz CT molecular complexity index is 724. The lowest BCUT2D eigenvalue weighted by atomic mass is 10.0. The molecule has 2 aromatic rings. The third-order valence-electron chi connectivity index (χ3n) is 3.37. The molecule has 2 heterocycles. The highest BCUT2D eigenvalue weighted by Crippen LogP contribution is 2.39. The summed E-state index contributed by atoms with van der Waals surface area (Å²) >= 11 is 8.05. The van der Waals surface area contributed by atoms with E-state index in [4.69, 9.17) is 0 Å². The van der Waals surface area contributed by atoms with Crippen LogP contribution in [0.25, 0.3) is 0 Å². The van der Waals surface area contributed by atoms with Gasteiger partial charge < -0.3 is 10.0 Å². The van der Waals surface area contributed by atoms with E-state index >= 15 is 0 Å². The molecular weight excluding hydrogens is 422 g/mol. The highest BCUT2D eigenvalue weighted by atomic mass is 79.9. The number of halogens is 2. The number of hydrogen-bond acceptors (Lipinski definition) is 3. The summed E-state index contributed by atoms with van der Waals surface area (Å²) in [5.74, 6) is -1.76. The van der Waals surface area contributed by atoms with Gasteiger partial charge in [-0.25, -0.2) is 0 Å². The number of benzene rings is 1. The van der Waals surface area contributed by atoms with Crippen LogP contribution in [0.1, 0.15) is 21.2 Å². The molecule has 0 spiro atoms. The molecule has 0 saturated heterocycles. The Morgan fingerprint density at radius 2 is 2.00 bits per heavy atom. The molecule has 108 valence electrons. The summed E-state index contributed by atoms with van der Waals surface area (Å²) in [5.41, 5.74) is 1.36. The summed E-state index contributed by atoms with van der Waals surface area (Å²) in [7, 11) is 0. The Morgan fingerprint density at radius 1 is 1.29 bits per heavy atom. The molecule has 1 aromatic heterocycles. The second-order valence-electron chi connectivity index (χ2n) is 4.60. The van der Waals surface area contributed by atoms with Gasteiger partial charge in [-0.15, -0.1) is 11.3 Å². The molecular formula is C14H9Br2NO3S. The van der Waals surface area contributed by atoms with Crippen molar-refractivity contribution in [2.45, 2.75) is 5.92 Å². The predicted octanol–water partition coefficient (Wildman–Crippen LogP) is 4.10. The van der Waals surface area contributed by atoms with E-state index in [1.54, 1.807) is 29.2 Å². The van der Waals surface area contributed by atoms with Gasteiger partial charge in [0.15, 0.2) is 0 Å². The minimum atomic E-state index is -0.911. The number of carbonyl (C=O) groups is 2. The van der Waals surface area contributed by atoms with Crippen LogP contribution in [-0.4, -0.2) is 23.5 Å². The standard InChI is InChI=1S/C14H9Br2NO3S/c15-9-5-11(21-12(9)16)13(18)17-6-8(14(19)20)7-3-1-2-4-10(7)17/h1-5,8H,6H2,(H,19,20). The number of aliphatic carboxylic acids is 1.